The smallest absolute Gasteiger partial charge is 0.258 e. The van der Waals surface area contributed by atoms with E-state index in [9.17, 15) is 17.6 Å². The standard InChI is InChI=1S/C33H47FN6O6S/c1-4-47(42,43)37-25-6-7-27(45-18-25)17-38-12-10-33(11-13-38)20-39(21-33)31-30(16-35-22-36-31)46-29-8-5-24(34)15-28(29)32(41)40(23(2)3)26-9-14-44-19-26/h5,8,15-16,22-23,25-27,37H,4,6-7,9-14,17-21H2,1-3H3/t25-,26-,27+/m1/s1. The lowest BCUT2D eigenvalue weighted by molar-refractivity contribution is -0.0299. The van der Waals surface area contributed by atoms with Crippen LogP contribution in [0, 0.1) is 11.2 Å². The number of likely N-dealkylation sites (tertiary alicyclic amines) is 1. The van der Waals surface area contributed by atoms with Crippen LogP contribution in [0.1, 0.15) is 63.2 Å². The molecule has 3 atom stereocenters. The Labute approximate surface area is 277 Å². The Morgan fingerprint density at radius 2 is 1.96 bits per heavy atom. The topological polar surface area (TPSA) is 126 Å². The van der Waals surface area contributed by atoms with Gasteiger partial charge in [0.1, 0.15) is 17.9 Å². The van der Waals surface area contributed by atoms with Crippen LogP contribution in [0.15, 0.2) is 30.7 Å². The van der Waals surface area contributed by atoms with E-state index in [1.165, 1.54) is 24.5 Å². The molecule has 1 amide bonds. The van der Waals surface area contributed by atoms with Gasteiger partial charge in [-0.3, -0.25) is 4.79 Å². The summed E-state index contributed by atoms with van der Waals surface area (Å²) < 4.78 is 58.9. The molecule has 258 valence electrons. The summed E-state index contributed by atoms with van der Waals surface area (Å²) in [4.78, 5) is 29.0. The van der Waals surface area contributed by atoms with Crippen LogP contribution in [0.4, 0.5) is 10.2 Å². The number of carbonyl (C=O) groups excluding carboxylic acids is 1. The zero-order chi connectivity index (χ0) is 33.2. The van der Waals surface area contributed by atoms with Crippen molar-refractivity contribution in [2.75, 3.05) is 63.2 Å². The van der Waals surface area contributed by atoms with Gasteiger partial charge < -0.3 is 28.9 Å². The minimum atomic E-state index is -3.23. The number of halogens is 1. The highest BCUT2D eigenvalue weighted by Crippen LogP contribution is 2.45. The molecule has 1 aromatic carbocycles. The van der Waals surface area contributed by atoms with Gasteiger partial charge in [0.2, 0.25) is 10.0 Å². The van der Waals surface area contributed by atoms with E-state index in [0.29, 0.717) is 31.4 Å². The van der Waals surface area contributed by atoms with Crippen LogP contribution < -0.4 is 14.4 Å². The predicted octanol–water partition coefficient (Wildman–Crippen LogP) is 3.44. The molecule has 6 rings (SSSR count). The van der Waals surface area contributed by atoms with Crippen molar-refractivity contribution in [3.63, 3.8) is 0 Å². The molecule has 4 fully saturated rings. The van der Waals surface area contributed by atoms with Crippen LogP contribution in [-0.2, 0) is 19.5 Å². The van der Waals surface area contributed by atoms with Crippen molar-refractivity contribution in [3.05, 3.63) is 42.1 Å². The van der Waals surface area contributed by atoms with Crippen molar-refractivity contribution in [1.82, 2.24) is 24.5 Å². The van der Waals surface area contributed by atoms with Crippen LogP contribution in [0.3, 0.4) is 0 Å². The number of nitrogens with one attached hydrogen (secondary N) is 1. The Kier molecular flexibility index (Phi) is 10.3. The quantitative estimate of drug-likeness (QED) is 0.379. The third-order valence-corrected chi connectivity index (χ3v) is 11.4. The van der Waals surface area contributed by atoms with Gasteiger partial charge in [-0.1, -0.05) is 0 Å². The van der Waals surface area contributed by atoms with Crippen molar-refractivity contribution >= 4 is 21.7 Å². The molecule has 0 radical (unpaired) electrons. The van der Waals surface area contributed by atoms with Crippen LogP contribution in [0.25, 0.3) is 0 Å². The number of hydrogen-bond acceptors (Lipinski definition) is 10. The summed E-state index contributed by atoms with van der Waals surface area (Å²) in [7, 11) is -3.23. The van der Waals surface area contributed by atoms with E-state index >= 15 is 0 Å². The minimum Gasteiger partial charge on any atom is -0.451 e. The monoisotopic (exact) mass is 674 g/mol. The lowest BCUT2D eigenvalue weighted by Gasteiger charge is -2.54. The van der Waals surface area contributed by atoms with Gasteiger partial charge in [-0.25, -0.2) is 27.5 Å². The summed E-state index contributed by atoms with van der Waals surface area (Å²) in [5.41, 5.74) is 0.348. The van der Waals surface area contributed by atoms with E-state index in [4.69, 9.17) is 14.2 Å². The molecule has 4 aliphatic rings. The maximum absolute atomic E-state index is 14.5. The fraction of sp³-hybridized carbons (Fsp3) is 0.667. The Hall–Kier alpha value is -2.91. The summed E-state index contributed by atoms with van der Waals surface area (Å²) >= 11 is 0. The fourth-order valence-electron chi connectivity index (χ4n) is 7.31. The molecule has 2 aromatic rings. The van der Waals surface area contributed by atoms with E-state index in [2.05, 4.69) is 24.5 Å². The second-order valence-corrected chi connectivity index (χ2v) is 15.7. The number of amides is 1. The van der Waals surface area contributed by atoms with Crippen molar-refractivity contribution in [3.8, 4) is 11.5 Å². The lowest BCUT2D eigenvalue weighted by atomic mass is 9.72. The normalized spacial score (nSPS) is 24.8. The molecule has 47 heavy (non-hydrogen) atoms. The number of anilines is 1. The average molecular weight is 675 g/mol. The Balaban J connectivity index is 1.05. The first-order valence-electron chi connectivity index (χ1n) is 16.8. The molecule has 4 saturated heterocycles. The lowest BCUT2D eigenvalue weighted by Crippen LogP contribution is -2.61. The Morgan fingerprint density at radius 1 is 1.17 bits per heavy atom. The molecule has 1 aromatic heterocycles. The number of ether oxygens (including phenoxy) is 3. The highest BCUT2D eigenvalue weighted by Gasteiger charge is 2.46. The first-order chi connectivity index (χ1) is 22.5. The molecule has 0 aliphatic carbocycles. The number of sulfonamides is 1. The molecule has 5 heterocycles. The number of benzene rings is 1. The van der Waals surface area contributed by atoms with Gasteiger partial charge in [0, 0.05) is 43.7 Å². The maximum Gasteiger partial charge on any atom is 0.258 e. The molecular weight excluding hydrogens is 627 g/mol. The van der Waals surface area contributed by atoms with Crippen molar-refractivity contribution < 1.29 is 31.8 Å². The molecule has 14 heteroatoms. The van der Waals surface area contributed by atoms with Gasteiger partial charge in [-0.15, -0.1) is 0 Å². The van der Waals surface area contributed by atoms with Crippen molar-refractivity contribution in [1.29, 1.82) is 0 Å². The number of carbonyl (C=O) groups is 1. The van der Waals surface area contributed by atoms with Gasteiger partial charge in [0.15, 0.2) is 11.6 Å². The summed E-state index contributed by atoms with van der Waals surface area (Å²) in [5, 5.41) is 0. The van der Waals surface area contributed by atoms with Crippen molar-refractivity contribution in [2.24, 2.45) is 5.41 Å². The second kappa shape index (κ2) is 14.3. The SMILES string of the molecule is CCS(=O)(=O)N[C@@H]1CC[C@@H](CN2CCC3(CC2)CN(c2ncncc2Oc2ccc(F)cc2C(=O)N(C(C)C)[C@@H]2CCOC2)C3)OC1. The molecule has 1 spiro atoms. The number of nitrogens with zero attached hydrogens (tertiary/aromatic N) is 5. The van der Waals surface area contributed by atoms with E-state index in [1.54, 1.807) is 18.0 Å². The minimum absolute atomic E-state index is 0.0746. The fourth-order valence-corrected chi connectivity index (χ4v) is 8.17. The molecule has 4 aliphatic heterocycles. The number of hydrogen-bond donors (Lipinski definition) is 1. The third-order valence-electron chi connectivity index (χ3n) is 9.97. The van der Waals surface area contributed by atoms with Crippen LogP contribution >= 0.6 is 0 Å². The van der Waals surface area contributed by atoms with Gasteiger partial charge in [-0.2, -0.15) is 0 Å². The van der Waals surface area contributed by atoms with E-state index in [-0.39, 0.29) is 52.6 Å². The summed E-state index contributed by atoms with van der Waals surface area (Å²) in [6.45, 7) is 11.5. The summed E-state index contributed by atoms with van der Waals surface area (Å²) in [6.07, 6.45) is 7.70. The number of aromatic nitrogens is 2. The third kappa shape index (κ3) is 7.88. The molecular formula is C33H47FN6O6S. The van der Waals surface area contributed by atoms with Gasteiger partial charge in [-0.05, 0) is 84.2 Å². The van der Waals surface area contributed by atoms with E-state index < -0.39 is 15.8 Å². The van der Waals surface area contributed by atoms with Gasteiger partial charge in [0.05, 0.1) is 42.9 Å². The highest BCUT2D eigenvalue weighted by molar-refractivity contribution is 7.89. The molecule has 0 unspecified atom stereocenters. The second-order valence-electron chi connectivity index (χ2n) is 13.7. The molecule has 0 saturated carbocycles. The zero-order valence-corrected chi connectivity index (χ0v) is 28.4. The molecule has 12 nitrogen and oxygen atoms in total. The van der Waals surface area contributed by atoms with Crippen LogP contribution in [0.5, 0.6) is 11.5 Å². The summed E-state index contributed by atoms with van der Waals surface area (Å²) in [6, 6.07) is 3.72. The number of piperidine rings is 1. The first-order valence-corrected chi connectivity index (χ1v) is 18.5. The van der Waals surface area contributed by atoms with E-state index in [0.717, 1.165) is 64.8 Å². The average Bonchev–Trinajstić information content (AvgIpc) is 3.56. The molecule has 1 N–H and O–H groups in total. The Bertz CT molecular complexity index is 1500. The highest BCUT2D eigenvalue weighted by atomic mass is 32.2. The zero-order valence-electron chi connectivity index (χ0n) is 27.6. The first kappa shape index (κ1) is 34.0. The largest absolute Gasteiger partial charge is 0.451 e. The van der Waals surface area contributed by atoms with Crippen molar-refractivity contribution in [2.45, 2.75) is 77.1 Å². The molecule has 0 bridgehead atoms. The van der Waals surface area contributed by atoms with Gasteiger partial charge >= 0.3 is 0 Å². The number of rotatable bonds is 11. The Morgan fingerprint density at radius 3 is 2.62 bits per heavy atom. The van der Waals surface area contributed by atoms with Crippen LogP contribution in [-0.4, -0.2) is 117 Å². The van der Waals surface area contributed by atoms with E-state index in [1.807, 2.05) is 13.8 Å². The summed E-state index contributed by atoms with van der Waals surface area (Å²) in [5.74, 6) is 0.623. The van der Waals surface area contributed by atoms with Crippen LogP contribution in [0.2, 0.25) is 0 Å². The van der Waals surface area contributed by atoms with Gasteiger partial charge in [0.25, 0.3) is 5.91 Å². The predicted molar refractivity (Wildman–Crippen MR) is 175 cm³/mol. The maximum atomic E-state index is 14.5.